The van der Waals surface area contributed by atoms with E-state index in [0.29, 0.717) is 29.1 Å². The summed E-state index contributed by atoms with van der Waals surface area (Å²) in [7, 11) is -1.90. The Morgan fingerprint density at radius 3 is 2.35 bits per heavy atom. The number of nitrogens with one attached hydrogen (secondary N) is 1. The predicted molar refractivity (Wildman–Crippen MR) is 116 cm³/mol. The lowest BCUT2D eigenvalue weighted by molar-refractivity contribution is -0.134. The summed E-state index contributed by atoms with van der Waals surface area (Å²) in [6.45, 7) is -0.112. The lowest BCUT2D eigenvalue weighted by atomic mass is 10.0. The van der Waals surface area contributed by atoms with E-state index in [-0.39, 0.29) is 30.4 Å². The number of hydrogen-bond donors (Lipinski definition) is 1. The number of carbonyl (C=O) groups is 2. The molecule has 164 valence electrons. The summed E-state index contributed by atoms with van der Waals surface area (Å²) in [5, 5.41) is 2.20. The van der Waals surface area contributed by atoms with Crippen molar-refractivity contribution in [2.24, 2.45) is 0 Å². The summed E-state index contributed by atoms with van der Waals surface area (Å²) < 4.78 is 31.2. The number of sulfone groups is 1. The lowest BCUT2D eigenvalue weighted by Crippen LogP contribution is -2.52. The second-order valence-electron chi connectivity index (χ2n) is 8.05. The number of fused-ring (bicyclic) bond motifs is 2. The second kappa shape index (κ2) is 8.70. The molecule has 2 aliphatic heterocycles. The van der Waals surface area contributed by atoms with E-state index in [0.717, 1.165) is 12.8 Å². The van der Waals surface area contributed by atoms with Crippen molar-refractivity contribution >= 4 is 21.7 Å². The van der Waals surface area contributed by atoms with Crippen LogP contribution in [-0.4, -0.2) is 56.1 Å². The van der Waals surface area contributed by atoms with Crippen LogP contribution in [0.4, 0.5) is 0 Å². The van der Waals surface area contributed by atoms with Crippen molar-refractivity contribution in [1.82, 2.24) is 10.2 Å². The van der Waals surface area contributed by atoms with Crippen molar-refractivity contribution in [1.29, 1.82) is 0 Å². The van der Waals surface area contributed by atoms with Crippen LogP contribution in [0.15, 0.2) is 59.5 Å². The van der Waals surface area contributed by atoms with E-state index in [4.69, 9.17) is 4.74 Å². The van der Waals surface area contributed by atoms with Gasteiger partial charge in [-0.15, -0.1) is 0 Å². The Morgan fingerprint density at radius 2 is 1.71 bits per heavy atom. The number of methoxy groups -OCH3 is 1. The molecule has 2 aromatic rings. The minimum atomic E-state index is -3.42. The zero-order chi connectivity index (χ0) is 22.0. The molecule has 7 nitrogen and oxygen atoms in total. The first-order valence-electron chi connectivity index (χ1n) is 10.4. The number of hydrogen-bond acceptors (Lipinski definition) is 5. The van der Waals surface area contributed by atoms with Crippen molar-refractivity contribution in [2.75, 3.05) is 13.7 Å². The van der Waals surface area contributed by atoms with Crippen molar-refractivity contribution in [2.45, 2.75) is 47.9 Å². The number of amides is 2. The van der Waals surface area contributed by atoms with Gasteiger partial charge in [0.1, 0.15) is 5.75 Å². The van der Waals surface area contributed by atoms with Crippen LogP contribution in [0.5, 0.6) is 5.75 Å². The van der Waals surface area contributed by atoms with Gasteiger partial charge in [-0.3, -0.25) is 9.59 Å². The van der Waals surface area contributed by atoms with Gasteiger partial charge in [-0.1, -0.05) is 24.3 Å². The van der Waals surface area contributed by atoms with E-state index in [2.05, 4.69) is 5.32 Å². The molecule has 2 fully saturated rings. The van der Waals surface area contributed by atoms with Gasteiger partial charge >= 0.3 is 0 Å². The topological polar surface area (TPSA) is 92.8 Å². The van der Waals surface area contributed by atoms with E-state index >= 15 is 0 Å². The Bertz CT molecular complexity index is 1060. The monoisotopic (exact) mass is 442 g/mol. The number of rotatable bonds is 6. The number of ether oxygens (including phenoxy) is 1. The number of piperidine rings is 1. The Hall–Kier alpha value is -2.87. The van der Waals surface area contributed by atoms with Crippen LogP contribution in [0.3, 0.4) is 0 Å². The first-order valence-corrected chi connectivity index (χ1v) is 12.0. The Balaban J connectivity index is 1.39. The molecule has 0 saturated carbocycles. The summed E-state index contributed by atoms with van der Waals surface area (Å²) in [5.74, 6) is 0.0548. The van der Waals surface area contributed by atoms with E-state index in [1.165, 1.54) is 7.11 Å². The number of nitrogens with zero attached hydrogens (tertiary/aromatic N) is 1. The van der Waals surface area contributed by atoms with E-state index in [9.17, 15) is 18.0 Å². The molecule has 4 rings (SSSR count). The molecule has 2 heterocycles. The normalized spacial score (nSPS) is 22.7. The lowest BCUT2D eigenvalue weighted by Gasteiger charge is -2.38. The standard InChI is InChI=1S/C23H26N2O5S/c1-30-19-7-5-6-16(12-19)23(27)24-15-22(26)25-17-10-11-18(25)14-21(13-17)31(28,29)20-8-3-2-4-9-20/h2-9,12,17-18,21H,10-11,13-15H2,1H3,(H,24,27). The molecular weight excluding hydrogens is 416 g/mol. The molecule has 0 aliphatic carbocycles. The molecule has 0 spiro atoms. The quantitative estimate of drug-likeness (QED) is 0.742. The average Bonchev–Trinajstić information content (AvgIpc) is 3.06. The minimum absolute atomic E-state index is 0.108. The highest BCUT2D eigenvalue weighted by Gasteiger charge is 2.47. The van der Waals surface area contributed by atoms with Crippen molar-refractivity contribution < 1.29 is 22.7 Å². The number of benzene rings is 2. The summed E-state index contributed by atoms with van der Waals surface area (Å²) in [6, 6.07) is 15.0. The molecule has 8 heteroatoms. The Kier molecular flexibility index (Phi) is 6.00. The molecule has 2 bridgehead atoms. The van der Waals surface area contributed by atoms with Crippen molar-refractivity contribution in [3.8, 4) is 5.75 Å². The molecule has 2 aliphatic rings. The third-order valence-electron chi connectivity index (χ3n) is 6.22. The smallest absolute Gasteiger partial charge is 0.251 e. The van der Waals surface area contributed by atoms with Crippen LogP contribution < -0.4 is 10.1 Å². The van der Waals surface area contributed by atoms with Gasteiger partial charge < -0.3 is 15.0 Å². The molecule has 2 aromatic carbocycles. The summed E-state index contributed by atoms with van der Waals surface area (Å²) >= 11 is 0. The van der Waals surface area contributed by atoms with Crippen LogP contribution in [0.1, 0.15) is 36.0 Å². The minimum Gasteiger partial charge on any atom is -0.497 e. The average molecular weight is 443 g/mol. The molecule has 1 N–H and O–H groups in total. The van der Waals surface area contributed by atoms with Crippen LogP contribution in [0.25, 0.3) is 0 Å². The highest BCUT2D eigenvalue weighted by Crippen LogP contribution is 2.39. The fourth-order valence-electron chi connectivity index (χ4n) is 4.70. The van der Waals surface area contributed by atoms with Crippen molar-refractivity contribution in [3.05, 3.63) is 60.2 Å². The van der Waals surface area contributed by atoms with Gasteiger partial charge in [-0.2, -0.15) is 0 Å². The van der Waals surface area contributed by atoms with Crippen LogP contribution in [0, 0.1) is 0 Å². The van der Waals surface area contributed by atoms with Gasteiger partial charge in [0, 0.05) is 17.6 Å². The Morgan fingerprint density at radius 1 is 1.03 bits per heavy atom. The molecule has 0 radical (unpaired) electrons. The maximum absolute atomic E-state index is 13.0. The van der Waals surface area contributed by atoms with Crippen LogP contribution in [-0.2, 0) is 14.6 Å². The largest absolute Gasteiger partial charge is 0.497 e. The molecule has 2 unspecified atom stereocenters. The van der Waals surface area contributed by atoms with Gasteiger partial charge in [-0.25, -0.2) is 8.42 Å². The fraction of sp³-hybridized carbons (Fsp3) is 0.391. The van der Waals surface area contributed by atoms with Gasteiger partial charge in [0.15, 0.2) is 9.84 Å². The zero-order valence-corrected chi connectivity index (χ0v) is 18.2. The maximum Gasteiger partial charge on any atom is 0.251 e. The molecule has 31 heavy (non-hydrogen) atoms. The molecule has 0 aromatic heterocycles. The summed E-state index contributed by atoms with van der Waals surface area (Å²) in [5.41, 5.74) is 0.419. The van der Waals surface area contributed by atoms with Gasteiger partial charge in [-0.05, 0) is 56.0 Å². The van der Waals surface area contributed by atoms with E-state index in [1.54, 1.807) is 59.5 Å². The molecule has 2 amide bonds. The fourth-order valence-corrected chi connectivity index (χ4v) is 6.58. The van der Waals surface area contributed by atoms with Gasteiger partial charge in [0.05, 0.1) is 23.8 Å². The predicted octanol–water partition coefficient (Wildman–Crippen LogP) is 2.42. The highest BCUT2D eigenvalue weighted by molar-refractivity contribution is 7.92. The van der Waals surface area contributed by atoms with Gasteiger partial charge in [0.2, 0.25) is 5.91 Å². The zero-order valence-electron chi connectivity index (χ0n) is 17.4. The second-order valence-corrected chi connectivity index (χ2v) is 10.3. The van der Waals surface area contributed by atoms with Gasteiger partial charge in [0.25, 0.3) is 5.91 Å². The third-order valence-corrected chi connectivity index (χ3v) is 8.41. The number of carbonyl (C=O) groups excluding carboxylic acids is 2. The SMILES string of the molecule is COc1cccc(C(=O)NCC(=O)N2C3CCC2CC(S(=O)(=O)c2ccccc2)C3)c1. The van der Waals surface area contributed by atoms with E-state index in [1.807, 2.05) is 0 Å². The highest BCUT2D eigenvalue weighted by atomic mass is 32.2. The Labute approximate surface area is 182 Å². The third kappa shape index (κ3) is 4.30. The molecule has 2 saturated heterocycles. The summed E-state index contributed by atoms with van der Waals surface area (Å²) in [4.78, 5) is 27.4. The maximum atomic E-state index is 13.0. The van der Waals surface area contributed by atoms with Crippen molar-refractivity contribution in [3.63, 3.8) is 0 Å². The first kappa shape index (κ1) is 21.4. The molecular formula is C23H26N2O5S. The first-order chi connectivity index (χ1) is 14.9. The van der Waals surface area contributed by atoms with E-state index < -0.39 is 15.1 Å². The molecule has 2 atom stereocenters. The van der Waals surface area contributed by atoms with Crippen LogP contribution in [0.2, 0.25) is 0 Å². The van der Waals surface area contributed by atoms with Crippen LogP contribution >= 0.6 is 0 Å². The summed E-state index contributed by atoms with van der Waals surface area (Å²) in [6.07, 6.45) is 2.45.